The highest BCUT2D eigenvalue weighted by molar-refractivity contribution is 5.25. The van der Waals surface area contributed by atoms with Crippen LogP contribution in [0.25, 0.3) is 0 Å². The number of aryl methyl sites for hydroxylation is 1. The SMILES string of the molecule is Cc1ccc(C(C)N2CCC(C)CC2CN)cc1F. The first-order valence-electron chi connectivity index (χ1n) is 7.24. The predicted molar refractivity (Wildman–Crippen MR) is 77.5 cm³/mol. The van der Waals surface area contributed by atoms with E-state index in [2.05, 4.69) is 18.7 Å². The minimum absolute atomic E-state index is 0.112. The van der Waals surface area contributed by atoms with Gasteiger partial charge in [0.05, 0.1) is 0 Å². The van der Waals surface area contributed by atoms with Gasteiger partial charge >= 0.3 is 0 Å². The summed E-state index contributed by atoms with van der Waals surface area (Å²) >= 11 is 0. The van der Waals surface area contributed by atoms with Gasteiger partial charge in [0.25, 0.3) is 0 Å². The molecule has 1 aliphatic heterocycles. The van der Waals surface area contributed by atoms with Gasteiger partial charge in [0.2, 0.25) is 0 Å². The molecule has 106 valence electrons. The van der Waals surface area contributed by atoms with E-state index in [1.807, 2.05) is 12.1 Å². The van der Waals surface area contributed by atoms with Gasteiger partial charge in [0, 0.05) is 18.6 Å². The maximum atomic E-state index is 13.7. The van der Waals surface area contributed by atoms with Crippen molar-refractivity contribution in [3.05, 3.63) is 35.1 Å². The van der Waals surface area contributed by atoms with Crippen LogP contribution in [0.5, 0.6) is 0 Å². The minimum Gasteiger partial charge on any atom is -0.329 e. The molecule has 0 radical (unpaired) electrons. The van der Waals surface area contributed by atoms with Crippen molar-refractivity contribution in [2.24, 2.45) is 11.7 Å². The number of hydrogen-bond donors (Lipinski definition) is 1. The average Bonchev–Trinajstić information content (AvgIpc) is 2.41. The third-order valence-corrected chi connectivity index (χ3v) is 4.47. The van der Waals surface area contributed by atoms with E-state index in [1.165, 1.54) is 6.42 Å². The van der Waals surface area contributed by atoms with Crippen LogP contribution >= 0.6 is 0 Å². The van der Waals surface area contributed by atoms with Crippen molar-refractivity contribution in [1.82, 2.24) is 4.90 Å². The fourth-order valence-corrected chi connectivity index (χ4v) is 3.07. The number of piperidine rings is 1. The summed E-state index contributed by atoms with van der Waals surface area (Å²) in [5, 5.41) is 0. The van der Waals surface area contributed by atoms with Crippen molar-refractivity contribution in [2.75, 3.05) is 13.1 Å². The van der Waals surface area contributed by atoms with E-state index in [-0.39, 0.29) is 11.9 Å². The second-order valence-corrected chi connectivity index (χ2v) is 5.94. The van der Waals surface area contributed by atoms with Gasteiger partial charge in [0.15, 0.2) is 0 Å². The molecule has 19 heavy (non-hydrogen) atoms. The lowest BCUT2D eigenvalue weighted by atomic mass is 9.90. The molecule has 0 bridgehead atoms. The number of nitrogens with two attached hydrogens (primary N) is 1. The van der Waals surface area contributed by atoms with Crippen LogP contribution in [0.1, 0.15) is 43.9 Å². The van der Waals surface area contributed by atoms with Crippen LogP contribution in [0.15, 0.2) is 18.2 Å². The first-order valence-corrected chi connectivity index (χ1v) is 7.24. The van der Waals surface area contributed by atoms with Crippen LogP contribution in [0, 0.1) is 18.7 Å². The topological polar surface area (TPSA) is 29.3 Å². The summed E-state index contributed by atoms with van der Waals surface area (Å²) in [4.78, 5) is 2.43. The summed E-state index contributed by atoms with van der Waals surface area (Å²) in [6.45, 7) is 7.98. The van der Waals surface area contributed by atoms with Gasteiger partial charge in [-0.2, -0.15) is 0 Å². The van der Waals surface area contributed by atoms with Crippen LogP contribution in [0.3, 0.4) is 0 Å². The van der Waals surface area contributed by atoms with Crippen LogP contribution in [-0.2, 0) is 0 Å². The molecular formula is C16H25FN2. The summed E-state index contributed by atoms with van der Waals surface area (Å²) in [5.74, 6) is 0.630. The zero-order valence-electron chi connectivity index (χ0n) is 12.2. The monoisotopic (exact) mass is 264 g/mol. The van der Waals surface area contributed by atoms with Gasteiger partial charge in [-0.15, -0.1) is 0 Å². The molecular weight excluding hydrogens is 239 g/mol. The van der Waals surface area contributed by atoms with Crippen LogP contribution in [0.2, 0.25) is 0 Å². The molecule has 0 saturated carbocycles. The summed E-state index contributed by atoms with van der Waals surface area (Å²) in [7, 11) is 0. The average molecular weight is 264 g/mol. The van der Waals surface area contributed by atoms with Crippen molar-refractivity contribution in [3.63, 3.8) is 0 Å². The third-order valence-electron chi connectivity index (χ3n) is 4.47. The molecule has 0 aliphatic carbocycles. The highest BCUT2D eigenvalue weighted by atomic mass is 19.1. The molecule has 1 aromatic carbocycles. The van der Waals surface area contributed by atoms with E-state index in [1.54, 1.807) is 13.0 Å². The molecule has 2 N–H and O–H groups in total. The first-order chi connectivity index (χ1) is 9.02. The second kappa shape index (κ2) is 6.02. The van der Waals surface area contributed by atoms with Gasteiger partial charge in [-0.05, 0) is 56.3 Å². The lowest BCUT2D eigenvalue weighted by Gasteiger charge is -2.42. The predicted octanol–water partition coefficient (Wildman–Crippen LogP) is 3.25. The van der Waals surface area contributed by atoms with Gasteiger partial charge < -0.3 is 5.73 Å². The maximum Gasteiger partial charge on any atom is 0.126 e. The number of hydrogen-bond acceptors (Lipinski definition) is 2. The molecule has 1 saturated heterocycles. The molecule has 0 aromatic heterocycles. The molecule has 1 aromatic rings. The Bertz CT molecular complexity index is 433. The Morgan fingerprint density at radius 2 is 2.21 bits per heavy atom. The highest BCUT2D eigenvalue weighted by Crippen LogP contribution is 2.30. The molecule has 1 heterocycles. The quantitative estimate of drug-likeness (QED) is 0.908. The van der Waals surface area contributed by atoms with Crippen molar-refractivity contribution >= 4 is 0 Å². The number of likely N-dealkylation sites (tertiary alicyclic amines) is 1. The molecule has 3 unspecified atom stereocenters. The lowest BCUT2D eigenvalue weighted by Crippen LogP contribution is -2.47. The van der Waals surface area contributed by atoms with E-state index in [0.29, 0.717) is 18.2 Å². The molecule has 0 spiro atoms. The number of halogens is 1. The second-order valence-electron chi connectivity index (χ2n) is 5.94. The van der Waals surface area contributed by atoms with Gasteiger partial charge in [-0.3, -0.25) is 4.90 Å². The maximum absolute atomic E-state index is 13.7. The Morgan fingerprint density at radius 3 is 2.84 bits per heavy atom. The first kappa shape index (κ1) is 14.5. The fourth-order valence-electron chi connectivity index (χ4n) is 3.07. The van der Waals surface area contributed by atoms with E-state index < -0.39 is 0 Å². The zero-order valence-corrected chi connectivity index (χ0v) is 12.2. The van der Waals surface area contributed by atoms with Crippen molar-refractivity contribution < 1.29 is 4.39 Å². The van der Waals surface area contributed by atoms with Crippen LogP contribution < -0.4 is 5.73 Å². The number of nitrogens with zero attached hydrogens (tertiary/aromatic N) is 1. The molecule has 2 rings (SSSR count). The number of rotatable bonds is 3. The van der Waals surface area contributed by atoms with Crippen molar-refractivity contribution in [1.29, 1.82) is 0 Å². The largest absolute Gasteiger partial charge is 0.329 e. The third kappa shape index (κ3) is 3.15. The molecule has 3 atom stereocenters. The minimum atomic E-state index is -0.112. The standard InChI is InChI=1S/C16H25FN2/c1-11-6-7-19(15(8-11)10-18)13(3)14-5-4-12(2)16(17)9-14/h4-5,9,11,13,15H,6-8,10,18H2,1-3H3. The summed E-state index contributed by atoms with van der Waals surface area (Å²) < 4.78 is 13.7. The smallest absolute Gasteiger partial charge is 0.126 e. The van der Waals surface area contributed by atoms with Gasteiger partial charge in [0.1, 0.15) is 5.82 Å². The molecule has 2 nitrogen and oxygen atoms in total. The Hall–Kier alpha value is -0.930. The summed E-state index contributed by atoms with van der Waals surface area (Å²) in [6, 6.07) is 6.23. The Morgan fingerprint density at radius 1 is 1.47 bits per heavy atom. The van der Waals surface area contributed by atoms with Crippen molar-refractivity contribution in [2.45, 2.75) is 45.7 Å². The normalized spacial score (nSPS) is 26.4. The Balaban J connectivity index is 2.17. The van der Waals surface area contributed by atoms with Crippen LogP contribution in [-0.4, -0.2) is 24.0 Å². The van der Waals surface area contributed by atoms with Crippen LogP contribution in [0.4, 0.5) is 4.39 Å². The fraction of sp³-hybridized carbons (Fsp3) is 0.625. The molecule has 1 aliphatic rings. The van der Waals surface area contributed by atoms with Crippen molar-refractivity contribution in [3.8, 4) is 0 Å². The summed E-state index contributed by atoms with van der Waals surface area (Å²) in [5.41, 5.74) is 7.67. The molecule has 1 fully saturated rings. The number of benzene rings is 1. The van der Waals surface area contributed by atoms with Gasteiger partial charge in [-0.1, -0.05) is 19.1 Å². The Labute approximate surface area is 115 Å². The van der Waals surface area contributed by atoms with E-state index in [9.17, 15) is 4.39 Å². The van der Waals surface area contributed by atoms with E-state index >= 15 is 0 Å². The molecule has 0 amide bonds. The lowest BCUT2D eigenvalue weighted by molar-refractivity contribution is 0.0833. The summed E-state index contributed by atoms with van der Waals surface area (Å²) in [6.07, 6.45) is 2.35. The Kier molecular flexibility index (Phi) is 4.58. The molecule has 3 heteroatoms. The van der Waals surface area contributed by atoms with E-state index in [4.69, 9.17) is 5.73 Å². The highest BCUT2D eigenvalue weighted by Gasteiger charge is 2.29. The van der Waals surface area contributed by atoms with Gasteiger partial charge in [-0.25, -0.2) is 4.39 Å². The van der Waals surface area contributed by atoms with E-state index in [0.717, 1.165) is 24.4 Å². The zero-order chi connectivity index (χ0) is 14.0.